The third kappa shape index (κ3) is 4.69. The summed E-state index contributed by atoms with van der Waals surface area (Å²) < 4.78 is 27.6. The molecule has 3 aromatic carbocycles. The summed E-state index contributed by atoms with van der Waals surface area (Å²) in [6.45, 7) is 2.27. The number of nitrogens with zero attached hydrogens (tertiary/aromatic N) is 3. The van der Waals surface area contributed by atoms with Crippen LogP contribution in [0.4, 0.5) is 0 Å². The Morgan fingerprint density at radius 1 is 0.857 bits per heavy atom. The van der Waals surface area contributed by atoms with Gasteiger partial charge < -0.3 is 18.9 Å². The predicted molar refractivity (Wildman–Crippen MR) is 158 cm³/mol. The van der Waals surface area contributed by atoms with Crippen LogP contribution in [-0.2, 0) is 15.1 Å². The summed E-state index contributed by atoms with van der Waals surface area (Å²) >= 11 is 0. The average Bonchev–Trinajstić information content (AvgIpc) is 3.58. The van der Waals surface area contributed by atoms with Crippen molar-refractivity contribution in [1.29, 1.82) is 0 Å². The second-order valence-corrected chi connectivity index (χ2v) is 11.1. The molecule has 3 aliphatic rings. The van der Waals surface area contributed by atoms with Crippen LogP contribution in [0.5, 0.6) is 11.8 Å². The van der Waals surface area contributed by atoms with Crippen molar-refractivity contribution in [3.63, 3.8) is 0 Å². The number of piperidine rings is 1. The topological polar surface area (TPSA) is 75.0 Å². The van der Waals surface area contributed by atoms with Crippen LogP contribution in [0.25, 0.3) is 0 Å². The lowest BCUT2D eigenvalue weighted by atomic mass is 9.80. The number of benzene rings is 3. The van der Waals surface area contributed by atoms with E-state index in [2.05, 4.69) is 46.3 Å². The molecule has 7 rings (SSSR count). The van der Waals surface area contributed by atoms with Gasteiger partial charge in [-0.2, -0.15) is 4.98 Å². The first-order valence-electron chi connectivity index (χ1n) is 14.7. The summed E-state index contributed by atoms with van der Waals surface area (Å²) in [6.07, 6.45) is 4.28. The Morgan fingerprint density at radius 3 is 2.14 bits per heavy atom. The Kier molecular flexibility index (Phi) is 7.27. The molecule has 4 atom stereocenters. The minimum Gasteiger partial charge on any atom is -0.497 e. The number of rotatable bonds is 8. The quantitative estimate of drug-likeness (QED) is 0.285. The molecule has 1 aromatic heterocycles. The van der Waals surface area contributed by atoms with Gasteiger partial charge >= 0.3 is 6.01 Å². The highest BCUT2D eigenvalue weighted by Gasteiger charge is 2.54. The van der Waals surface area contributed by atoms with Crippen LogP contribution in [0.2, 0.25) is 0 Å². The van der Waals surface area contributed by atoms with Gasteiger partial charge in [0.25, 0.3) is 5.56 Å². The van der Waals surface area contributed by atoms with E-state index in [0.29, 0.717) is 12.6 Å². The Bertz CT molecular complexity index is 1510. The van der Waals surface area contributed by atoms with Crippen LogP contribution in [-0.4, -0.2) is 59.5 Å². The lowest BCUT2D eigenvalue weighted by molar-refractivity contribution is -0.0883. The SMILES string of the molecule is COc1ccc(C(OC[C@H]2O[C@@H]3[C@@H](Oc4nc(=O)ccn43)[C@@H]2N2CCCCC2)(c2ccccc2)c2ccccc2)cc1. The van der Waals surface area contributed by atoms with Gasteiger partial charge in [0.1, 0.15) is 17.5 Å². The Balaban J connectivity index is 1.29. The highest BCUT2D eigenvalue weighted by atomic mass is 16.6. The Labute approximate surface area is 245 Å². The van der Waals surface area contributed by atoms with Crippen LogP contribution in [0.3, 0.4) is 0 Å². The van der Waals surface area contributed by atoms with Crippen LogP contribution in [0.1, 0.15) is 42.2 Å². The molecular weight excluding hydrogens is 530 g/mol. The van der Waals surface area contributed by atoms with Gasteiger partial charge in [0, 0.05) is 12.3 Å². The van der Waals surface area contributed by atoms with E-state index < -0.39 is 5.60 Å². The van der Waals surface area contributed by atoms with Crippen molar-refractivity contribution in [2.45, 2.75) is 49.3 Å². The normalized spacial score (nSPS) is 23.6. The fraction of sp³-hybridized carbons (Fsp3) is 0.353. The van der Waals surface area contributed by atoms with Crippen molar-refractivity contribution in [3.8, 4) is 11.8 Å². The Hall–Kier alpha value is -3.98. The van der Waals surface area contributed by atoms with Gasteiger partial charge in [0.15, 0.2) is 12.3 Å². The standard InChI is InChI=1S/C34H35N3O5/c1-39-27-17-15-26(16-18-27)34(24-11-5-2-6-12-24,25-13-7-3-8-14-25)40-23-28-30(36-20-9-4-10-21-36)31-32(41-28)37-22-19-29(38)35-33(37)42-31/h2-3,5-8,11-19,22,28,30-32H,4,9-10,20-21,23H2,1H3/t28-,30-,31+,32-/m1/s1. The highest BCUT2D eigenvalue weighted by Crippen LogP contribution is 2.45. The molecule has 0 bridgehead atoms. The smallest absolute Gasteiger partial charge is 0.302 e. The molecule has 0 unspecified atom stereocenters. The minimum atomic E-state index is -0.896. The summed E-state index contributed by atoms with van der Waals surface area (Å²) in [5, 5.41) is 0. The molecule has 0 aliphatic carbocycles. The minimum absolute atomic E-state index is 0.0489. The van der Waals surface area contributed by atoms with Crippen LogP contribution < -0.4 is 15.0 Å². The number of fused-ring (bicyclic) bond motifs is 3. The lowest BCUT2D eigenvalue weighted by Crippen LogP contribution is -2.52. The largest absolute Gasteiger partial charge is 0.497 e. The number of hydrogen-bond acceptors (Lipinski definition) is 7. The van der Waals surface area contributed by atoms with Gasteiger partial charge in [-0.1, -0.05) is 79.2 Å². The second kappa shape index (κ2) is 11.4. The number of hydrogen-bond donors (Lipinski definition) is 0. The maximum absolute atomic E-state index is 12.0. The zero-order chi connectivity index (χ0) is 28.5. The van der Waals surface area contributed by atoms with Crippen LogP contribution in [0, 0.1) is 0 Å². The molecule has 4 aromatic rings. The molecule has 8 heteroatoms. The van der Waals surface area contributed by atoms with Crippen molar-refractivity contribution < 1.29 is 18.9 Å². The molecule has 0 saturated carbocycles. The molecule has 2 fully saturated rings. The first-order valence-corrected chi connectivity index (χ1v) is 14.7. The van der Waals surface area contributed by atoms with E-state index in [4.69, 9.17) is 18.9 Å². The summed E-state index contributed by atoms with van der Waals surface area (Å²) in [5.41, 5.74) is 1.84. The van der Waals surface area contributed by atoms with E-state index in [1.807, 2.05) is 53.1 Å². The van der Waals surface area contributed by atoms with Gasteiger partial charge in [-0.25, -0.2) is 0 Å². The zero-order valence-electron chi connectivity index (χ0n) is 23.7. The molecule has 0 spiro atoms. The van der Waals surface area contributed by atoms with E-state index in [9.17, 15) is 4.79 Å². The molecule has 3 aliphatic heterocycles. The summed E-state index contributed by atoms with van der Waals surface area (Å²) in [6, 6.07) is 30.5. The van der Waals surface area contributed by atoms with Gasteiger partial charge in [-0.15, -0.1) is 0 Å². The molecule has 4 heterocycles. The first kappa shape index (κ1) is 26.9. The van der Waals surface area contributed by atoms with Crippen LogP contribution in [0.15, 0.2) is 102 Å². The molecular formula is C34H35N3O5. The van der Waals surface area contributed by atoms with Crippen LogP contribution >= 0.6 is 0 Å². The van der Waals surface area contributed by atoms with E-state index in [0.717, 1.165) is 48.4 Å². The molecule has 42 heavy (non-hydrogen) atoms. The van der Waals surface area contributed by atoms with E-state index in [1.165, 1.54) is 12.5 Å². The van der Waals surface area contributed by atoms with E-state index >= 15 is 0 Å². The van der Waals surface area contributed by atoms with E-state index in [-0.39, 0.29) is 30.0 Å². The summed E-state index contributed by atoms with van der Waals surface area (Å²) in [5.74, 6) is 0.786. The van der Waals surface area contributed by atoms with Gasteiger partial charge in [-0.05, 0) is 54.8 Å². The maximum atomic E-state index is 12.0. The molecule has 0 amide bonds. The molecule has 0 radical (unpaired) electrons. The van der Waals surface area contributed by atoms with Gasteiger partial charge in [-0.3, -0.25) is 14.3 Å². The van der Waals surface area contributed by atoms with Crippen molar-refractivity contribution in [3.05, 3.63) is 124 Å². The second-order valence-electron chi connectivity index (χ2n) is 11.1. The highest BCUT2D eigenvalue weighted by molar-refractivity contribution is 5.48. The number of methoxy groups -OCH3 is 1. The predicted octanol–water partition coefficient (Wildman–Crippen LogP) is 4.77. The first-order chi connectivity index (χ1) is 20.7. The Morgan fingerprint density at radius 2 is 1.50 bits per heavy atom. The monoisotopic (exact) mass is 565 g/mol. The third-order valence-electron chi connectivity index (χ3n) is 8.77. The number of aromatic nitrogens is 2. The zero-order valence-corrected chi connectivity index (χ0v) is 23.7. The van der Waals surface area contributed by atoms with Gasteiger partial charge in [0.05, 0.1) is 19.8 Å². The van der Waals surface area contributed by atoms with Crippen molar-refractivity contribution in [1.82, 2.24) is 14.5 Å². The van der Waals surface area contributed by atoms with Crippen molar-refractivity contribution in [2.24, 2.45) is 0 Å². The number of likely N-dealkylation sites (tertiary alicyclic amines) is 1. The molecule has 216 valence electrons. The summed E-state index contributed by atoms with van der Waals surface area (Å²) in [7, 11) is 1.67. The molecule has 8 nitrogen and oxygen atoms in total. The fourth-order valence-electron chi connectivity index (χ4n) is 6.79. The van der Waals surface area contributed by atoms with E-state index in [1.54, 1.807) is 13.3 Å². The molecule has 2 saturated heterocycles. The van der Waals surface area contributed by atoms with Crippen molar-refractivity contribution >= 4 is 0 Å². The van der Waals surface area contributed by atoms with Gasteiger partial charge in [0.2, 0.25) is 0 Å². The molecule has 0 N–H and O–H groups in total. The number of ether oxygens (including phenoxy) is 4. The lowest BCUT2D eigenvalue weighted by Gasteiger charge is -2.39. The van der Waals surface area contributed by atoms with Crippen molar-refractivity contribution in [2.75, 3.05) is 26.8 Å². The maximum Gasteiger partial charge on any atom is 0.302 e. The summed E-state index contributed by atoms with van der Waals surface area (Å²) in [4.78, 5) is 18.6. The average molecular weight is 566 g/mol. The third-order valence-corrected chi connectivity index (χ3v) is 8.77. The fourth-order valence-corrected chi connectivity index (χ4v) is 6.79.